The van der Waals surface area contributed by atoms with E-state index in [1.807, 2.05) is 6.92 Å². The third-order valence-electron chi connectivity index (χ3n) is 4.72. The van der Waals surface area contributed by atoms with Crippen LogP contribution in [0, 0.1) is 5.92 Å². The Kier molecular flexibility index (Phi) is 9.43. The SMILES string of the molecule is CCNC(=NCc1ccccc1OC(F)F)NCC(C)CN1CCN(C)CC1. The molecular formula is C20H33F2N5O. The van der Waals surface area contributed by atoms with Crippen molar-refractivity contribution in [3.63, 3.8) is 0 Å². The molecule has 2 N–H and O–H groups in total. The predicted molar refractivity (Wildman–Crippen MR) is 109 cm³/mol. The summed E-state index contributed by atoms with van der Waals surface area (Å²) in [5, 5.41) is 6.57. The van der Waals surface area contributed by atoms with Crippen LogP contribution in [0.3, 0.4) is 0 Å². The number of guanidine groups is 1. The summed E-state index contributed by atoms with van der Waals surface area (Å²) in [5.41, 5.74) is 0.630. The van der Waals surface area contributed by atoms with Crippen LogP contribution in [0.4, 0.5) is 8.78 Å². The highest BCUT2D eigenvalue weighted by molar-refractivity contribution is 5.79. The molecule has 0 spiro atoms. The third kappa shape index (κ3) is 7.98. The first kappa shape index (κ1) is 22.4. The van der Waals surface area contributed by atoms with Crippen LogP contribution in [0.1, 0.15) is 19.4 Å². The van der Waals surface area contributed by atoms with Gasteiger partial charge in [0, 0.05) is 51.4 Å². The van der Waals surface area contributed by atoms with E-state index in [1.54, 1.807) is 18.2 Å². The van der Waals surface area contributed by atoms with Gasteiger partial charge in [-0.1, -0.05) is 25.1 Å². The van der Waals surface area contributed by atoms with Crippen LogP contribution < -0.4 is 15.4 Å². The average Bonchev–Trinajstić information content (AvgIpc) is 2.66. The van der Waals surface area contributed by atoms with Crippen LogP contribution in [-0.2, 0) is 6.54 Å². The minimum Gasteiger partial charge on any atom is -0.434 e. The monoisotopic (exact) mass is 397 g/mol. The van der Waals surface area contributed by atoms with Crippen molar-refractivity contribution in [2.45, 2.75) is 27.0 Å². The zero-order valence-electron chi connectivity index (χ0n) is 17.1. The molecular weight excluding hydrogens is 364 g/mol. The molecule has 0 radical (unpaired) electrons. The van der Waals surface area contributed by atoms with Gasteiger partial charge in [0.05, 0.1) is 6.54 Å². The summed E-state index contributed by atoms with van der Waals surface area (Å²) >= 11 is 0. The van der Waals surface area contributed by atoms with Crippen molar-refractivity contribution in [2.75, 3.05) is 52.9 Å². The molecule has 1 aliphatic heterocycles. The highest BCUT2D eigenvalue weighted by Crippen LogP contribution is 2.20. The number of likely N-dealkylation sites (N-methyl/N-ethyl adjacent to an activating group) is 1. The number of piperazine rings is 1. The Hall–Kier alpha value is -1.93. The Labute approximate surface area is 166 Å². The lowest BCUT2D eigenvalue weighted by Gasteiger charge is -2.34. The maximum Gasteiger partial charge on any atom is 0.387 e. The topological polar surface area (TPSA) is 52.1 Å². The fourth-order valence-electron chi connectivity index (χ4n) is 3.16. The molecule has 1 aromatic rings. The van der Waals surface area contributed by atoms with Gasteiger partial charge >= 0.3 is 6.61 Å². The number of ether oxygens (including phenoxy) is 1. The molecule has 8 heteroatoms. The molecule has 28 heavy (non-hydrogen) atoms. The molecule has 1 aliphatic rings. The quantitative estimate of drug-likeness (QED) is 0.494. The number of rotatable bonds is 9. The maximum atomic E-state index is 12.6. The number of hydrogen-bond acceptors (Lipinski definition) is 4. The van der Waals surface area contributed by atoms with Gasteiger partial charge in [-0.25, -0.2) is 4.99 Å². The van der Waals surface area contributed by atoms with Gasteiger partial charge in [0.1, 0.15) is 5.75 Å². The Balaban J connectivity index is 1.86. The van der Waals surface area contributed by atoms with Crippen molar-refractivity contribution in [3.05, 3.63) is 29.8 Å². The molecule has 0 aliphatic carbocycles. The van der Waals surface area contributed by atoms with Gasteiger partial charge in [-0.2, -0.15) is 8.78 Å². The minimum atomic E-state index is -2.84. The predicted octanol–water partition coefficient (Wildman–Crippen LogP) is 2.23. The third-order valence-corrected chi connectivity index (χ3v) is 4.72. The van der Waals surface area contributed by atoms with Crippen LogP contribution in [0.2, 0.25) is 0 Å². The molecule has 158 valence electrons. The zero-order chi connectivity index (χ0) is 20.4. The fraction of sp³-hybridized carbons (Fsp3) is 0.650. The van der Waals surface area contributed by atoms with Crippen molar-refractivity contribution >= 4 is 5.96 Å². The van der Waals surface area contributed by atoms with Crippen molar-refractivity contribution in [3.8, 4) is 5.75 Å². The summed E-state index contributed by atoms with van der Waals surface area (Å²) in [6.45, 7) is 8.67. The van der Waals surface area contributed by atoms with Crippen LogP contribution >= 0.6 is 0 Å². The lowest BCUT2D eigenvalue weighted by Crippen LogP contribution is -2.47. The fourth-order valence-corrected chi connectivity index (χ4v) is 3.16. The summed E-state index contributed by atoms with van der Waals surface area (Å²) in [4.78, 5) is 9.38. The molecule has 0 bridgehead atoms. The Morgan fingerprint density at radius 3 is 2.57 bits per heavy atom. The van der Waals surface area contributed by atoms with E-state index in [1.165, 1.54) is 6.07 Å². The van der Waals surface area contributed by atoms with Crippen LogP contribution in [0.15, 0.2) is 29.3 Å². The molecule has 1 aromatic carbocycles. The minimum absolute atomic E-state index is 0.167. The van der Waals surface area contributed by atoms with Crippen LogP contribution in [-0.4, -0.2) is 75.2 Å². The molecule has 2 rings (SSSR count). The maximum absolute atomic E-state index is 12.6. The van der Waals surface area contributed by atoms with Gasteiger partial charge in [-0.3, -0.25) is 0 Å². The number of hydrogen-bond donors (Lipinski definition) is 2. The van der Waals surface area contributed by atoms with E-state index < -0.39 is 6.61 Å². The second-order valence-corrected chi connectivity index (χ2v) is 7.27. The molecule has 0 aromatic heterocycles. The molecule has 1 unspecified atom stereocenters. The summed E-state index contributed by atoms with van der Waals surface area (Å²) in [6, 6.07) is 6.76. The van der Waals surface area contributed by atoms with Gasteiger partial charge in [0.15, 0.2) is 5.96 Å². The molecule has 1 saturated heterocycles. The normalized spacial score (nSPS) is 17.6. The average molecular weight is 398 g/mol. The Morgan fingerprint density at radius 1 is 1.18 bits per heavy atom. The number of alkyl halides is 2. The zero-order valence-corrected chi connectivity index (χ0v) is 17.1. The van der Waals surface area contributed by atoms with Crippen molar-refractivity contribution in [1.29, 1.82) is 0 Å². The van der Waals surface area contributed by atoms with Gasteiger partial charge in [-0.05, 0) is 26.0 Å². The van der Waals surface area contributed by atoms with Crippen molar-refractivity contribution in [1.82, 2.24) is 20.4 Å². The molecule has 6 nitrogen and oxygen atoms in total. The van der Waals surface area contributed by atoms with Crippen molar-refractivity contribution in [2.24, 2.45) is 10.9 Å². The van der Waals surface area contributed by atoms with E-state index >= 15 is 0 Å². The molecule has 1 fully saturated rings. The highest BCUT2D eigenvalue weighted by Gasteiger charge is 2.16. The second-order valence-electron chi connectivity index (χ2n) is 7.27. The largest absolute Gasteiger partial charge is 0.434 e. The molecule has 0 saturated carbocycles. The van der Waals surface area contributed by atoms with Gasteiger partial charge in [0.2, 0.25) is 0 Å². The number of nitrogens with one attached hydrogen (secondary N) is 2. The van der Waals surface area contributed by atoms with E-state index in [0.29, 0.717) is 17.4 Å². The van der Waals surface area contributed by atoms with Crippen molar-refractivity contribution < 1.29 is 13.5 Å². The van der Waals surface area contributed by atoms with Gasteiger partial charge < -0.3 is 25.2 Å². The second kappa shape index (κ2) is 11.8. The lowest BCUT2D eigenvalue weighted by molar-refractivity contribution is -0.0504. The van der Waals surface area contributed by atoms with E-state index in [9.17, 15) is 8.78 Å². The summed E-state index contributed by atoms with van der Waals surface area (Å²) in [7, 11) is 2.16. The number of aliphatic imine (C=N–C) groups is 1. The van der Waals surface area contributed by atoms with Gasteiger partial charge in [-0.15, -0.1) is 0 Å². The van der Waals surface area contributed by atoms with Crippen LogP contribution in [0.25, 0.3) is 0 Å². The standard InChI is InChI=1S/C20H33F2N5O/c1-4-23-20(24-13-16(2)15-27-11-9-26(3)10-12-27)25-14-17-7-5-6-8-18(17)28-19(21)22/h5-8,16,19H,4,9-15H2,1-3H3,(H2,23,24,25). The summed E-state index contributed by atoms with van der Waals surface area (Å²) < 4.78 is 29.7. The molecule has 1 atom stereocenters. The Bertz CT molecular complexity index is 606. The lowest BCUT2D eigenvalue weighted by atomic mass is 10.1. The number of benzene rings is 1. The van der Waals surface area contributed by atoms with E-state index in [0.717, 1.165) is 45.8 Å². The van der Waals surface area contributed by atoms with E-state index in [2.05, 4.69) is 44.1 Å². The number of nitrogens with zero attached hydrogens (tertiary/aromatic N) is 3. The summed E-state index contributed by atoms with van der Waals surface area (Å²) in [6.07, 6.45) is 0. The highest BCUT2D eigenvalue weighted by atomic mass is 19.3. The number of halogens is 2. The Morgan fingerprint density at radius 2 is 1.89 bits per heavy atom. The first-order valence-corrected chi connectivity index (χ1v) is 9.93. The van der Waals surface area contributed by atoms with Gasteiger partial charge in [0.25, 0.3) is 0 Å². The molecule has 1 heterocycles. The van der Waals surface area contributed by atoms with E-state index in [-0.39, 0.29) is 12.3 Å². The summed E-state index contributed by atoms with van der Waals surface area (Å²) in [5.74, 6) is 1.32. The first-order chi connectivity index (χ1) is 13.5. The van der Waals surface area contributed by atoms with Crippen LogP contribution in [0.5, 0.6) is 5.75 Å². The smallest absolute Gasteiger partial charge is 0.387 e. The first-order valence-electron chi connectivity index (χ1n) is 9.93. The van der Waals surface area contributed by atoms with E-state index in [4.69, 9.17) is 0 Å². The molecule has 0 amide bonds. The number of para-hydroxylation sites is 1.